The molecule has 1 amide bonds. The first-order valence-corrected chi connectivity index (χ1v) is 25.9. The van der Waals surface area contributed by atoms with E-state index in [0.29, 0.717) is 23.9 Å². The molecule has 3 atom stereocenters. The highest BCUT2D eigenvalue weighted by Crippen LogP contribution is 2.43. The molecule has 0 heterocycles. The number of carbonyl (C=O) groups excluding carboxylic acids is 1. The van der Waals surface area contributed by atoms with Gasteiger partial charge in [-0.25, -0.2) is 4.57 Å². The molecule has 0 aliphatic heterocycles. The number of allylic oxidation sites excluding steroid dienone is 14. The molecule has 0 aromatic heterocycles. The average molecular weight is 874 g/mol. The first kappa shape index (κ1) is 58.7. The first-order valence-electron chi connectivity index (χ1n) is 24.5. The Morgan fingerprint density at radius 2 is 0.984 bits per heavy atom. The van der Waals surface area contributed by atoms with Gasteiger partial charge in [0.25, 0.3) is 0 Å². The molecule has 0 aliphatic carbocycles. The average Bonchev–Trinajstić information content (AvgIpc) is 3.21. The Morgan fingerprint density at radius 1 is 0.574 bits per heavy atom. The van der Waals surface area contributed by atoms with Gasteiger partial charge in [-0.05, 0) is 70.6 Å². The van der Waals surface area contributed by atoms with Crippen LogP contribution in [0, 0.1) is 0 Å². The van der Waals surface area contributed by atoms with Crippen molar-refractivity contribution >= 4 is 13.7 Å². The smallest absolute Gasteiger partial charge is 0.391 e. The number of aliphatic hydroxyl groups is 1. The summed E-state index contributed by atoms with van der Waals surface area (Å²) in [6.45, 7) is 4.68. The number of aliphatic hydroxyl groups excluding tert-OH is 1. The lowest BCUT2D eigenvalue weighted by molar-refractivity contribution is -0.870. The molecule has 8 nitrogen and oxygen atoms in total. The SMILES string of the molecule is CC/C=C\C/C=C\C/C=C\C/C=C\C/C=C\C/C=C\C/C=C\CCCCCCCCCCCCCC(=O)NC(COP(=O)(O)OCC[N+](C)(C)C)C(O)CCCCCCCC. The van der Waals surface area contributed by atoms with E-state index in [9.17, 15) is 19.4 Å². The number of likely N-dealkylation sites (N-methyl/N-ethyl adjacent to an activating group) is 1. The van der Waals surface area contributed by atoms with Crippen LogP contribution in [0.2, 0.25) is 0 Å². The molecule has 3 unspecified atom stereocenters. The lowest BCUT2D eigenvalue weighted by Crippen LogP contribution is -2.46. The molecule has 0 rings (SSSR count). The van der Waals surface area contributed by atoms with Crippen molar-refractivity contribution in [2.45, 2.75) is 199 Å². The number of rotatable bonds is 43. The Balaban J connectivity index is 3.98. The topological polar surface area (TPSA) is 105 Å². The fourth-order valence-corrected chi connectivity index (χ4v) is 7.29. The van der Waals surface area contributed by atoms with Crippen molar-refractivity contribution in [3.63, 3.8) is 0 Å². The minimum Gasteiger partial charge on any atom is -0.391 e. The molecule has 0 aliphatic rings. The summed E-state index contributed by atoms with van der Waals surface area (Å²) in [6, 6.07) is -0.763. The lowest BCUT2D eigenvalue weighted by Gasteiger charge is -2.26. The molecule has 0 aromatic rings. The number of nitrogens with zero attached hydrogens (tertiary/aromatic N) is 1. The Bertz CT molecular complexity index is 1260. The number of hydrogen-bond acceptors (Lipinski definition) is 5. The van der Waals surface area contributed by atoms with E-state index in [0.717, 1.165) is 83.5 Å². The Morgan fingerprint density at radius 3 is 1.44 bits per heavy atom. The molecule has 0 saturated carbocycles. The fourth-order valence-electron chi connectivity index (χ4n) is 6.55. The van der Waals surface area contributed by atoms with Crippen LogP contribution in [0.3, 0.4) is 0 Å². The van der Waals surface area contributed by atoms with Crippen LogP contribution in [-0.4, -0.2) is 73.4 Å². The maximum Gasteiger partial charge on any atom is 0.472 e. The van der Waals surface area contributed by atoms with Gasteiger partial charge in [0.1, 0.15) is 13.2 Å². The second kappa shape index (κ2) is 43.0. The van der Waals surface area contributed by atoms with Gasteiger partial charge in [0, 0.05) is 6.42 Å². The number of amides is 1. The van der Waals surface area contributed by atoms with E-state index < -0.39 is 20.0 Å². The molecule has 9 heteroatoms. The number of hydrogen-bond donors (Lipinski definition) is 3. The highest BCUT2D eigenvalue weighted by atomic mass is 31.2. The van der Waals surface area contributed by atoms with Crippen molar-refractivity contribution in [2.75, 3.05) is 40.9 Å². The maximum absolute atomic E-state index is 12.8. The molecule has 0 fully saturated rings. The van der Waals surface area contributed by atoms with Gasteiger partial charge in [0.15, 0.2) is 0 Å². The van der Waals surface area contributed by atoms with E-state index in [1.165, 1.54) is 77.0 Å². The van der Waals surface area contributed by atoms with Crippen LogP contribution in [0.25, 0.3) is 0 Å². The second-order valence-corrected chi connectivity index (χ2v) is 18.9. The van der Waals surface area contributed by atoms with Crippen LogP contribution in [0.15, 0.2) is 85.1 Å². The summed E-state index contributed by atoms with van der Waals surface area (Å²) in [5.41, 5.74) is 0. The summed E-state index contributed by atoms with van der Waals surface area (Å²) in [4.78, 5) is 23.0. The highest BCUT2D eigenvalue weighted by Gasteiger charge is 2.28. The molecule has 352 valence electrons. The Hall–Kier alpha value is -2.32. The van der Waals surface area contributed by atoms with Gasteiger partial charge in [-0.3, -0.25) is 13.8 Å². The van der Waals surface area contributed by atoms with Gasteiger partial charge < -0.3 is 19.8 Å². The normalized spacial score (nSPS) is 14.9. The van der Waals surface area contributed by atoms with Crippen molar-refractivity contribution in [3.8, 4) is 0 Å². The molecule has 61 heavy (non-hydrogen) atoms. The monoisotopic (exact) mass is 874 g/mol. The Labute approximate surface area is 376 Å². The van der Waals surface area contributed by atoms with Crippen molar-refractivity contribution in [3.05, 3.63) is 85.1 Å². The summed E-state index contributed by atoms with van der Waals surface area (Å²) in [7, 11) is 1.60. The standard InChI is InChI=1S/C52H93N2O6P/c1-6-8-10-12-14-15-16-17-18-19-20-21-22-23-24-25-26-27-28-29-30-31-32-33-34-35-36-37-38-39-40-42-44-46-52(56)53-50(51(55)45-43-41-13-11-9-7-2)49-60-61(57,58)59-48-47-54(3,4)5/h8,10,14-15,17-18,20-21,23-24,26-27,29-30,50-51,55H,6-7,9,11-13,16,19,22,25,28,31-49H2,1-5H3,(H-,53,56,57,58)/p+1/b10-8-,15-14-,18-17-,21-20-,24-23-,27-26-,30-29-. The van der Waals surface area contributed by atoms with Crippen molar-refractivity contribution in [1.82, 2.24) is 5.32 Å². The fraction of sp³-hybridized carbons (Fsp3) is 0.712. The summed E-state index contributed by atoms with van der Waals surface area (Å²) in [5, 5.41) is 13.8. The number of unbranched alkanes of at least 4 members (excludes halogenated alkanes) is 16. The van der Waals surface area contributed by atoms with Gasteiger partial charge in [-0.1, -0.05) is 195 Å². The molecule has 0 spiro atoms. The molecule has 0 aromatic carbocycles. The molecule has 0 radical (unpaired) electrons. The van der Waals surface area contributed by atoms with Gasteiger partial charge in [-0.15, -0.1) is 0 Å². The molecule has 0 bridgehead atoms. The van der Waals surface area contributed by atoms with Gasteiger partial charge in [0.2, 0.25) is 5.91 Å². The summed E-state index contributed by atoms with van der Waals surface area (Å²) < 4.78 is 23.5. The first-order chi connectivity index (χ1) is 29.5. The molecular formula is C52H94N2O6P+. The third-order valence-electron chi connectivity index (χ3n) is 10.4. The largest absolute Gasteiger partial charge is 0.472 e. The zero-order valence-electron chi connectivity index (χ0n) is 39.9. The summed E-state index contributed by atoms with van der Waals surface area (Å²) in [6.07, 6.45) is 59.5. The number of phosphoric acid groups is 1. The summed E-state index contributed by atoms with van der Waals surface area (Å²) >= 11 is 0. The molecular weight excluding hydrogens is 780 g/mol. The molecule has 3 N–H and O–H groups in total. The van der Waals surface area contributed by atoms with Crippen molar-refractivity contribution in [1.29, 1.82) is 0 Å². The van der Waals surface area contributed by atoms with Crippen LogP contribution >= 0.6 is 7.82 Å². The lowest BCUT2D eigenvalue weighted by atomic mass is 10.0. The van der Waals surface area contributed by atoms with E-state index in [4.69, 9.17) is 9.05 Å². The predicted octanol–water partition coefficient (Wildman–Crippen LogP) is 14.1. The predicted molar refractivity (Wildman–Crippen MR) is 263 cm³/mol. The van der Waals surface area contributed by atoms with Crippen LogP contribution in [0.5, 0.6) is 0 Å². The number of quaternary nitrogens is 1. The van der Waals surface area contributed by atoms with Gasteiger partial charge in [0.05, 0.1) is 39.9 Å². The van der Waals surface area contributed by atoms with E-state index in [1.54, 1.807) is 0 Å². The van der Waals surface area contributed by atoms with Crippen LogP contribution in [0.4, 0.5) is 0 Å². The Kier molecular flexibility index (Phi) is 41.3. The van der Waals surface area contributed by atoms with Gasteiger partial charge >= 0.3 is 7.82 Å². The van der Waals surface area contributed by atoms with E-state index in [2.05, 4.69) is 104 Å². The number of phosphoric ester groups is 1. The highest BCUT2D eigenvalue weighted by molar-refractivity contribution is 7.47. The van der Waals surface area contributed by atoms with Crippen LogP contribution < -0.4 is 5.32 Å². The van der Waals surface area contributed by atoms with Gasteiger partial charge in [-0.2, -0.15) is 0 Å². The van der Waals surface area contributed by atoms with E-state index in [1.807, 2.05) is 21.1 Å². The van der Waals surface area contributed by atoms with E-state index >= 15 is 0 Å². The summed E-state index contributed by atoms with van der Waals surface area (Å²) in [5.74, 6) is -0.158. The van der Waals surface area contributed by atoms with Crippen LogP contribution in [-0.2, 0) is 18.4 Å². The van der Waals surface area contributed by atoms with E-state index in [-0.39, 0.29) is 19.1 Å². The van der Waals surface area contributed by atoms with Crippen molar-refractivity contribution < 1.29 is 32.9 Å². The minimum atomic E-state index is -4.31. The van der Waals surface area contributed by atoms with Crippen molar-refractivity contribution in [2.24, 2.45) is 0 Å². The zero-order chi connectivity index (χ0) is 45.0. The minimum absolute atomic E-state index is 0.0698. The number of carbonyl (C=O) groups is 1. The maximum atomic E-state index is 12.8. The number of nitrogens with one attached hydrogen (secondary N) is 1. The third-order valence-corrected chi connectivity index (χ3v) is 11.4. The molecule has 0 saturated heterocycles. The second-order valence-electron chi connectivity index (χ2n) is 17.5. The quantitative estimate of drug-likeness (QED) is 0.0244. The van der Waals surface area contributed by atoms with Crippen LogP contribution in [0.1, 0.15) is 187 Å². The zero-order valence-corrected chi connectivity index (χ0v) is 40.8. The third kappa shape index (κ3) is 45.5.